The second-order valence-electron chi connectivity index (χ2n) is 4.65. The van der Waals surface area contributed by atoms with Crippen LogP contribution in [-0.2, 0) is 0 Å². The highest BCUT2D eigenvalue weighted by Gasteiger charge is 2.24. The van der Waals surface area contributed by atoms with Crippen molar-refractivity contribution in [3.63, 3.8) is 0 Å². The molecular formula is C12H17N3O2. The van der Waals surface area contributed by atoms with Crippen LogP contribution < -0.4 is 10.6 Å². The van der Waals surface area contributed by atoms with Crippen molar-refractivity contribution in [1.82, 2.24) is 0 Å². The SMILES string of the molecule is CN(CC1CCC1)c1cccc(N)c1[N+](=O)[O-]. The molecule has 1 fully saturated rings. The van der Waals surface area contributed by atoms with Crippen molar-refractivity contribution in [2.75, 3.05) is 24.2 Å². The molecule has 5 heteroatoms. The summed E-state index contributed by atoms with van der Waals surface area (Å²) >= 11 is 0. The Morgan fingerprint density at radius 1 is 1.53 bits per heavy atom. The molecule has 1 saturated carbocycles. The van der Waals surface area contributed by atoms with Gasteiger partial charge in [-0.05, 0) is 30.9 Å². The van der Waals surface area contributed by atoms with Gasteiger partial charge in [0.05, 0.1) is 4.92 Å². The summed E-state index contributed by atoms with van der Waals surface area (Å²) in [6.07, 6.45) is 3.72. The highest BCUT2D eigenvalue weighted by molar-refractivity contribution is 5.75. The van der Waals surface area contributed by atoms with Crippen molar-refractivity contribution in [3.8, 4) is 0 Å². The van der Waals surface area contributed by atoms with Crippen LogP contribution in [0.4, 0.5) is 17.1 Å². The molecule has 0 aliphatic heterocycles. The largest absolute Gasteiger partial charge is 0.393 e. The van der Waals surface area contributed by atoms with Gasteiger partial charge in [0.1, 0.15) is 11.4 Å². The Hall–Kier alpha value is -1.78. The van der Waals surface area contributed by atoms with Crippen molar-refractivity contribution >= 4 is 17.1 Å². The van der Waals surface area contributed by atoms with Gasteiger partial charge < -0.3 is 10.6 Å². The molecule has 1 aromatic rings. The summed E-state index contributed by atoms with van der Waals surface area (Å²) in [7, 11) is 1.89. The van der Waals surface area contributed by atoms with E-state index >= 15 is 0 Å². The molecule has 1 aliphatic carbocycles. The van der Waals surface area contributed by atoms with Crippen molar-refractivity contribution < 1.29 is 4.92 Å². The van der Waals surface area contributed by atoms with Gasteiger partial charge in [0.25, 0.3) is 0 Å². The van der Waals surface area contributed by atoms with Crippen LogP contribution in [0.2, 0.25) is 0 Å². The van der Waals surface area contributed by atoms with E-state index in [-0.39, 0.29) is 11.4 Å². The average Bonchev–Trinajstić information content (AvgIpc) is 2.22. The maximum absolute atomic E-state index is 11.0. The molecule has 0 heterocycles. The smallest absolute Gasteiger partial charge is 0.315 e. The van der Waals surface area contributed by atoms with Crippen molar-refractivity contribution in [2.24, 2.45) is 5.92 Å². The Balaban J connectivity index is 2.23. The van der Waals surface area contributed by atoms with Crippen molar-refractivity contribution in [2.45, 2.75) is 19.3 Å². The molecular weight excluding hydrogens is 218 g/mol. The molecule has 0 bridgehead atoms. The summed E-state index contributed by atoms with van der Waals surface area (Å²) in [5.74, 6) is 0.668. The molecule has 1 aromatic carbocycles. The first-order valence-corrected chi connectivity index (χ1v) is 5.83. The monoisotopic (exact) mass is 235 g/mol. The summed E-state index contributed by atoms with van der Waals surface area (Å²) in [5.41, 5.74) is 6.53. The van der Waals surface area contributed by atoms with Crippen LogP contribution >= 0.6 is 0 Å². The summed E-state index contributed by atoms with van der Waals surface area (Å²) in [4.78, 5) is 12.6. The zero-order valence-corrected chi connectivity index (χ0v) is 9.93. The Labute approximate surface area is 100 Å². The minimum Gasteiger partial charge on any atom is -0.393 e. The summed E-state index contributed by atoms with van der Waals surface area (Å²) in [6.45, 7) is 0.865. The molecule has 0 saturated heterocycles. The van der Waals surface area contributed by atoms with Gasteiger partial charge in [-0.25, -0.2) is 0 Å². The van der Waals surface area contributed by atoms with Crippen LogP contribution in [0.15, 0.2) is 18.2 Å². The van der Waals surface area contributed by atoms with E-state index in [9.17, 15) is 10.1 Å². The van der Waals surface area contributed by atoms with Crippen LogP contribution in [0.3, 0.4) is 0 Å². The number of benzene rings is 1. The highest BCUT2D eigenvalue weighted by atomic mass is 16.6. The summed E-state index contributed by atoms with van der Waals surface area (Å²) < 4.78 is 0. The molecule has 2 N–H and O–H groups in total. The van der Waals surface area contributed by atoms with Crippen molar-refractivity contribution in [3.05, 3.63) is 28.3 Å². The number of para-hydroxylation sites is 1. The topological polar surface area (TPSA) is 72.4 Å². The Bertz CT molecular complexity index is 430. The van der Waals surface area contributed by atoms with Gasteiger partial charge in [0.2, 0.25) is 0 Å². The maximum Gasteiger partial charge on any atom is 0.315 e. The van der Waals surface area contributed by atoms with E-state index in [0.29, 0.717) is 11.6 Å². The van der Waals surface area contributed by atoms with Crippen LogP contribution in [0.25, 0.3) is 0 Å². The number of nitro groups is 1. The lowest BCUT2D eigenvalue weighted by Gasteiger charge is -2.31. The fourth-order valence-electron chi connectivity index (χ4n) is 2.22. The number of nitrogens with zero attached hydrogens (tertiary/aromatic N) is 2. The Morgan fingerprint density at radius 3 is 2.76 bits per heavy atom. The average molecular weight is 235 g/mol. The highest BCUT2D eigenvalue weighted by Crippen LogP contribution is 2.35. The first-order valence-electron chi connectivity index (χ1n) is 5.83. The Kier molecular flexibility index (Phi) is 3.17. The molecule has 17 heavy (non-hydrogen) atoms. The lowest BCUT2D eigenvalue weighted by Crippen LogP contribution is -2.29. The van der Waals surface area contributed by atoms with Gasteiger partial charge in [-0.1, -0.05) is 12.5 Å². The molecule has 0 spiro atoms. The van der Waals surface area contributed by atoms with Gasteiger partial charge in [-0.15, -0.1) is 0 Å². The van der Waals surface area contributed by atoms with E-state index in [4.69, 9.17) is 5.73 Å². The van der Waals surface area contributed by atoms with Crippen LogP contribution in [0.1, 0.15) is 19.3 Å². The molecule has 92 valence electrons. The van der Waals surface area contributed by atoms with E-state index in [1.807, 2.05) is 11.9 Å². The van der Waals surface area contributed by atoms with Crippen LogP contribution in [-0.4, -0.2) is 18.5 Å². The van der Waals surface area contributed by atoms with Gasteiger partial charge in [-0.2, -0.15) is 0 Å². The fraction of sp³-hybridized carbons (Fsp3) is 0.500. The van der Waals surface area contributed by atoms with Gasteiger partial charge in [0, 0.05) is 13.6 Å². The maximum atomic E-state index is 11.0. The third-order valence-electron chi connectivity index (χ3n) is 3.40. The minimum atomic E-state index is -0.401. The minimum absolute atomic E-state index is 0.0225. The number of anilines is 2. The second kappa shape index (κ2) is 4.61. The zero-order chi connectivity index (χ0) is 12.4. The number of hydrogen-bond donors (Lipinski definition) is 1. The number of nitrogens with two attached hydrogens (primary N) is 1. The predicted octanol–water partition coefficient (Wildman–Crippen LogP) is 2.41. The second-order valence-corrected chi connectivity index (χ2v) is 4.65. The van der Waals surface area contributed by atoms with E-state index < -0.39 is 4.92 Å². The lowest BCUT2D eigenvalue weighted by molar-refractivity contribution is -0.383. The van der Waals surface area contributed by atoms with E-state index in [1.54, 1.807) is 18.2 Å². The van der Waals surface area contributed by atoms with Gasteiger partial charge in [-0.3, -0.25) is 10.1 Å². The zero-order valence-electron chi connectivity index (χ0n) is 9.93. The third-order valence-corrected chi connectivity index (χ3v) is 3.40. The summed E-state index contributed by atoms with van der Waals surface area (Å²) in [5, 5.41) is 11.0. The first-order chi connectivity index (χ1) is 8.09. The molecule has 0 aromatic heterocycles. The normalized spacial score (nSPS) is 15.4. The molecule has 0 amide bonds. The molecule has 0 unspecified atom stereocenters. The number of hydrogen-bond acceptors (Lipinski definition) is 4. The number of nitrogen functional groups attached to an aromatic ring is 1. The van der Waals surface area contributed by atoms with Crippen LogP contribution in [0, 0.1) is 16.0 Å². The van der Waals surface area contributed by atoms with Crippen molar-refractivity contribution in [1.29, 1.82) is 0 Å². The Morgan fingerprint density at radius 2 is 2.24 bits per heavy atom. The number of rotatable bonds is 4. The lowest BCUT2D eigenvalue weighted by atomic mass is 9.85. The molecule has 0 radical (unpaired) electrons. The molecule has 0 atom stereocenters. The standard InChI is InChI=1S/C12H17N3O2/c1-14(8-9-4-2-5-9)11-7-3-6-10(13)12(11)15(16)17/h3,6-7,9H,2,4-5,8,13H2,1H3. The molecule has 1 aliphatic rings. The number of nitro benzene ring substituents is 1. The molecule has 5 nitrogen and oxygen atoms in total. The quantitative estimate of drug-likeness (QED) is 0.494. The fourth-order valence-corrected chi connectivity index (χ4v) is 2.22. The molecule has 2 rings (SSSR count). The van der Waals surface area contributed by atoms with Gasteiger partial charge in [0.15, 0.2) is 0 Å². The summed E-state index contributed by atoms with van der Waals surface area (Å²) in [6, 6.07) is 5.08. The van der Waals surface area contributed by atoms with E-state index in [2.05, 4.69) is 0 Å². The predicted molar refractivity (Wildman–Crippen MR) is 68.1 cm³/mol. The van der Waals surface area contributed by atoms with E-state index in [0.717, 1.165) is 6.54 Å². The first kappa shape index (κ1) is 11.7. The van der Waals surface area contributed by atoms with E-state index in [1.165, 1.54) is 19.3 Å². The van der Waals surface area contributed by atoms with Crippen LogP contribution in [0.5, 0.6) is 0 Å². The third kappa shape index (κ3) is 2.33. The van der Waals surface area contributed by atoms with Gasteiger partial charge >= 0.3 is 5.69 Å².